The van der Waals surface area contributed by atoms with E-state index in [2.05, 4.69) is 18.8 Å². The van der Waals surface area contributed by atoms with Crippen molar-refractivity contribution in [3.05, 3.63) is 77.6 Å². The Balaban J connectivity index is 2.39. The average molecular weight is 374 g/mol. The highest BCUT2D eigenvalue weighted by Crippen LogP contribution is 2.20. The van der Waals surface area contributed by atoms with Gasteiger partial charge in [-0.1, -0.05) is 55.4 Å². The van der Waals surface area contributed by atoms with Crippen LogP contribution in [0.1, 0.15) is 35.3 Å². The minimum absolute atomic E-state index is 0.139. The summed E-state index contributed by atoms with van der Waals surface area (Å²) in [7, 11) is 0. The number of nitrogens with one attached hydrogen (secondary N) is 1. The number of hydrogen-bond donors (Lipinski definition) is 1. The average Bonchev–Trinajstić information content (AvgIpc) is 2.62. The van der Waals surface area contributed by atoms with Crippen LogP contribution in [-0.2, 0) is 6.42 Å². The number of Topliss-reactive ketones (excluding diaryl/α,β-unsaturated/α-hetero) is 1. The second-order valence-corrected chi connectivity index (χ2v) is 6.53. The highest BCUT2D eigenvalue weighted by Gasteiger charge is 2.33. The van der Waals surface area contributed by atoms with E-state index in [1.54, 1.807) is 30.3 Å². The second-order valence-electron chi connectivity index (χ2n) is 5.68. The Morgan fingerprint density at radius 3 is 2.60 bits per heavy atom. The van der Waals surface area contributed by atoms with E-state index in [0.717, 1.165) is 12.8 Å². The molecule has 5 heteroatoms. The number of rotatable bonds is 8. The Hall–Kier alpha value is -2.04. The summed E-state index contributed by atoms with van der Waals surface area (Å²) in [6.45, 7) is 6.32. The van der Waals surface area contributed by atoms with E-state index in [9.17, 15) is 4.79 Å². The monoisotopic (exact) mass is 373 g/mol. The van der Waals surface area contributed by atoms with Crippen LogP contribution in [0.4, 0.5) is 0 Å². The third kappa shape index (κ3) is 4.97. The number of nitrogens with zero attached hydrogens (tertiary/aromatic N) is 1. The molecule has 1 N–H and O–H groups in total. The molecule has 0 radical (unpaired) electrons. The molecule has 0 unspecified atom stereocenters. The topological polar surface area (TPSA) is 33.0 Å². The van der Waals surface area contributed by atoms with Crippen molar-refractivity contribution in [2.45, 2.75) is 25.8 Å². The van der Waals surface area contributed by atoms with Crippen LogP contribution < -0.4 is 9.88 Å². The molecule has 0 aliphatic heterocycles. The first-order valence-corrected chi connectivity index (χ1v) is 9.04. The van der Waals surface area contributed by atoms with E-state index < -0.39 is 6.04 Å². The largest absolute Gasteiger partial charge is 0.370 e. The SMILES string of the molecule is C=CCNC(=S)[C@H](C(=O)c1ccccc1Cl)[n+]1ccc(CCC)cc1. The van der Waals surface area contributed by atoms with Crippen LogP contribution >= 0.6 is 23.8 Å². The van der Waals surface area contributed by atoms with Crippen LogP contribution in [0.15, 0.2) is 61.4 Å². The third-order valence-corrected chi connectivity index (χ3v) is 4.51. The molecule has 1 aromatic heterocycles. The minimum Gasteiger partial charge on any atom is -0.370 e. The number of hydrogen-bond acceptors (Lipinski definition) is 2. The van der Waals surface area contributed by atoms with Gasteiger partial charge in [0.05, 0.1) is 5.02 Å². The van der Waals surface area contributed by atoms with Crippen molar-refractivity contribution in [3.8, 4) is 0 Å². The molecular weight excluding hydrogens is 352 g/mol. The van der Waals surface area contributed by atoms with Gasteiger partial charge in [-0.05, 0) is 24.1 Å². The molecule has 3 nitrogen and oxygen atoms in total. The lowest BCUT2D eigenvalue weighted by Gasteiger charge is -2.15. The van der Waals surface area contributed by atoms with Crippen molar-refractivity contribution in [2.75, 3.05) is 6.54 Å². The number of aromatic nitrogens is 1. The van der Waals surface area contributed by atoms with Crippen LogP contribution in [0.2, 0.25) is 5.02 Å². The lowest BCUT2D eigenvalue weighted by molar-refractivity contribution is -0.692. The molecule has 2 rings (SSSR count). The van der Waals surface area contributed by atoms with Crippen LogP contribution in [0.3, 0.4) is 0 Å². The third-order valence-electron chi connectivity index (χ3n) is 3.81. The molecule has 1 heterocycles. The number of ketones is 1. The van der Waals surface area contributed by atoms with Gasteiger partial charge in [-0.15, -0.1) is 6.58 Å². The fourth-order valence-corrected chi connectivity index (χ4v) is 3.10. The van der Waals surface area contributed by atoms with E-state index in [4.69, 9.17) is 23.8 Å². The molecule has 1 atom stereocenters. The number of benzene rings is 1. The van der Waals surface area contributed by atoms with E-state index in [-0.39, 0.29) is 5.78 Å². The highest BCUT2D eigenvalue weighted by atomic mass is 35.5. The van der Waals surface area contributed by atoms with E-state index in [1.807, 2.05) is 29.1 Å². The number of pyridine rings is 1. The molecule has 0 aliphatic rings. The van der Waals surface area contributed by atoms with Gasteiger partial charge < -0.3 is 5.32 Å². The Morgan fingerprint density at radius 2 is 2.00 bits per heavy atom. The zero-order valence-corrected chi connectivity index (χ0v) is 15.8. The summed E-state index contributed by atoms with van der Waals surface area (Å²) in [6, 6.07) is 10.4. The molecule has 0 aliphatic carbocycles. The predicted octanol–water partition coefficient (Wildman–Crippen LogP) is 4.11. The highest BCUT2D eigenvalue weighted by molar-refractivity contribution is 7.80. The normalized spacial score (nSPS) is 11.6. The van der Waals surface area contributed by atoms with Gasteiger partial charge in [0.2, 0.25) is 5.78 Å². The number of aryl methyl sites for hydroxylation is 1. The molecule has 1 aromatic carbocycles. The molecule has 0 spiro atoms. The van der Waals surface area contributed by atoms with Gasteiger partial charge in [0.25, 0.3) is 6.04 Å². The Bertz CT molecular complexity index is 759. The van der Waals surface area contributed by atoms with Crippen LogP contribution in [-0.4, -0.2) is 17.3 Å². The summed E-state index contributed by atoms with van der Waals surface area (Å²) in [4.78, 5) is 13.6. The molecule has 25 heavy (non-hydrogen) atoms. The smallest absolute Gasteiger partial charge is 0.270 e. The lowest BCUT2D eigenvalue weighted by atomic mass is 10.0. The van der Waals surface area contributed by atoms with Crippen molar-refractivity contribution in [1.29, 1.82) is 0 Å². The molecular formula is C20H22ClN2OS+. The molecule has 0 saturated heterocycles. The van der Waals surface area contributed by atoms with E-state index >= 15 is 0 Å². The predicted molar refractivity (Wildman–Crippen MR) is 106 cm³/mol. The molecule has 0 amide bonds. The second kappa shape index (κ2) is 9.44. The van der Waals surface area contributed by atoms with Crippen molar-refractivity contribution in [2.24, 2.45) is 0 Å². The molecule has 130 valence electrons. The molecule has 0 fully saturated rings. The maximum atomic E-state index is 13.1. The Kier molecular flexibility index (Phi) is 7.29. The zero-order valence-electron chi connectivity index (χ0n) is 14.2. The minimum atomic E-state index is -0.648. The van der Waals surface area contributed by atoms with Crippen LogP contribution in [0.5, 0.6) is 0 Å². The molecule has 2 aromatic rings. The number of halogens is 1. The summed E-state index contributed by atoms with van der Waals surface area (Å²) in [5, 5.41) is 3.49. The number of thiocarbonyl (C=S) groups is 1. The Morgan fingerprint density at radius 1 is 1.32 bits per heavy atom. The number of carbonyl (C=O) groups is 1. The van der Waals surface area contributed by atoms with Crippen LogP contribution in [0, 0.1) is 0 Å². The summed E-state index contributed by atoms with van der Waals surface area (Å²) in [5.41, 5.74) is 1.69. The van der Waals surface area contributed by atoms with Gasteiger partial charge in [0.1, 0.15) is 0 Å². The van der Waals surface area contributed by atoms with Gasteiger partial charge >= 0.3 is 0 Å². The molecule has 0 saturated carbocycles. The van der Waals surface area contributed by atoms with Gasteiger partial charge in [-0.3, -0.25) is 4.79 Å². The van der Waals surface area contributed by atoms with Crippen molar-refractivity contribution >= 4 is 34.6 Å². The first kappa shape index (κ1) is 19.3. The van der Waals surface area contributed by atoms with Crippen molar-refractivity contribution in [3.63, 3.8) is 0 Å². The number of carbonyl (C=O) groups excluding carboxylic acids is 1. The summed E-state index contributed by atoms with van der Waals surface area (Å²) >= 11 is 11.7. The van der Waals surface area contributed by atoms with Gasteiger partial charge in [-0.25, -0.2) is 0 Å². The van der Waals surface area contributed by atoms with Crippen molar-refractivity contribution < 1.29 is 9.36 Å². The van der Waals surface area contributed by atoms with Gasteiger partial charge in [0, 0.05) is 24.2 Å². The summed E-state index contributed by atoms with van der Waals surface area (Å²) < 4.78 is 1.82. The quantitative estimate of drug-likeness (QED) is 0.327. The first-order valence-electron chi connectivity index (χ1n) is 8.25. The fourth-order valence-electron chi connectivity index (χ4n) is 2.56. The van der Waals surface area contributed by atoms with Gasteiger partial charge in [-0.2, -0.15) is 4.57 Å². The van der Waals surface area contributed by atoms with E-state index in [0.29, 0.717) is 22.1 Å². The standard InChI is InChI=1S/C20H21ClN2OS/c1-3-7-15-10-13-23(14-11-15)18(20(25)22-12-4-2)19(24)16-8-5-6-9-17(16)21/h4-6,8-11,13-14,18H,2-3,7,12H2,1H3/p+1/t18-/m0/s1. The van der Waals surface area contributed by atoms with Crippen LogP contribution in [0.25, 0.3) is 0 Å². The lowest BCUT2D eigenvalue weighted by Crippen LogP contribution is -2.51. The van der Waals surface area contributed by atoms with Crippen molar-refractivity contribution in [1.82, 2.24) is 5.32 Å². The molecule has 0 bridgehead atoms. The maximum Gasteiger partial charge on any atom is 0.270 e. The zero-order chi connectivity index (χ0) is 18.2. The summed E-state index contributed by atoms with van der Waals surface area (Å²) in [5.74, 6) is -0.139. The fraction of sp³-hybridized carbons (Fsp3) is 0.250. The maximum absolute atomic E-state index is 13.1. The van der Waals surface area contributed by atoms with Gasteiger partial charge in [0.15, 0.2) is 17.4 Å². The van der Waals surface area contributed by atoms with E-state index in [1.165, 1.54) is 5.56 Å². The first-order chi connectivity index (χ1) is 12.1. The summed E-state index contributed by atoms with van der Waals surface area (Å²) in [6.07, 6.45) is 7.57. The Labute approximate surface area is 159 Å².